The maximum atomic E-state index is 12.3. The van der Waals surface area contributed by atoms with E-state index in [1.807, 2.05) is 6.07 Å². The highest BCUT2D eigenvalue weighted by molar-refractivity contribution is 5.30. The van der Waals surface area contributed by atoms with E-state index in [0.29, 0.717) is 18.5 Å². The van der Waals surface area contributed by atoms with Crippen molar-refractivity contribution >= 4 is 0 Å². The fourth-order valence-corrected chi connectivity index (χ4v) is 1.98. The van der Waals surface area contributed by atoms with Crippen LogP contribution in [0.15, 0.2) is 40.2 Å². The minimum absolute atomic E-state index is 0.193. The predicted molar refractivity (Wildman–Crippen MR) is 76.7 cm³/mol. The molecule has 0 saturated carbocycles. The number of nitriles is 1. The smallest absolute Gasteiger partial charge is 0.330 e. The summed E-state index contributed by atoms with van der Waals surface area (Å²) in [5.41, 5.74) is 5.54. The molecule has 0 fully saturated rings. The summed E-state index contributed by atoms with van der Waals surface area (Å²) < 4.78 is 2.53. The topological polar surface area (TPSA) is 107 Å². The molecule has 0 aliphatic rings. The monoisotopic (exact) mass is 285 g/mol. The zero-order valence-electron chi connectivity index (χ0n) is 11.4. The van der Waals surface area contributed by atoms with Crippen molar-refractivity contribution in [3.8, 4) is 6.07 Å². The van der Waals surface area contributed by atoms with Gasteiger partial charge in [-0.2, -0.15) is 5.26 Å². The first-order valence-corrected chi connectivity index (χ1v) is 6.51. The van der Waals surface area contributed by atoms with Gasteiger partial charge in [-0.1, -0.05) is 6.07 Å². The second-order valence-electron chi connectivity index (χ2n) is 4.48. The molecule has 2 rings (SSSR count). The van der Waals surface area contributed by atoms with E-state index in [0.717, 1.165) is 4.57 Å². The van der Waals surface area contributed by atoms with Crippen LogP contribution < -0.4 is 17.0 Å². The largest absolute Gasteiger partial charge is 0.331 e. The van der Waals surface area contributed by atoms with Crippen molar-refractivity contribution in [3.63, 3.8) is 0 Å². The summed E-state index contributed by atoms with van der Waals surface area (Å²) in [7, 11) is 0. The molecular formula is C14H15N5O2. The van der Waals surface area contributed by atoms with Crippen LogP contribution in [0, 0.1) is 11.3 Å². The first kappa shape index (κ1) is 14.7. The van der Waals surface area contributed by atoms with E-state index in [-0.39, 0.29) is 24.3 Å². The lowest BCUT2D eigenvalue weighted by atomic mass is 10.2. The molecule has 0 aromatic carbocycles. The lowest BCUT2D eigenvalue weighted by Crippen LogP contribution is -2.39. The highest BCUT2D eigenvalue weighted by Gasteiger charge is 2.08. The summed E-state index contributed by atoms with van der Waals surface area (Å²) in [5.74, 6) is 0. The predicted octanol–water partition coefficient (Wildman–Crippen LogP) is -0.326. The number of hydrogen-bond acceptors (Lipinski definition) is 5. The lowest BCUT2D eigenvalue weighted by Gasteiger charge is -2.10. The summed E-state index contributed by atoms with van der Waals surface area (Å²) in [6, 6.07) is 6.75. The van der Waals surface area contributed by atoms with E-state index in [4.69, 9.17) is 11.0 Å². The molecule has 2 aromatic heterocycles. The Kier molecular flexibility index (Phi) is 4.64. The van der Waals surface area contributed by atoms with Gasteiger partial charge in [0.2, 0.25) is 0 Å². The van der Waals surface area contributed by atoms with Crippen LogP contribution >= 0.6 is 0 Å². The molecule has 0 atom stereocenters. The van der Waals surface area contributed by atoms with Crippen LogP contribution in [0.3, 0.4) is 0 Å². The Balaban J connectivity index is 2.40. The molecule has 0 radical (unpaired) electrons. The second kappa shape index (κ2) is 6.63. The average Bonchev–Trinajstić information content (AvgIpc) is 2.50. The fourth-order valence-electron chi connectivity index (χ4n) is 1.98. The molecule has 0 aliphatic carbocycles. The average molecular weight is 285 g/mol. The van der Waals surface area contributed by atoms with Crippen molar-refractivity contribution in [1.29, 1.82) is 5.26 Å². The number of nitrogens with zero attached hydrogens (tertiary/aromatic N) is 4. The number of rotatable bonds is 5. The van der Waals surface area contributed by atoms with Crippen LogP contribution in [0.1, 0.15) is 17.7 Å². The van der Waals surface area contributed by atoms with Gasteiger partial charge in [-0.15, -0.1) is 0 Å². The summed E-state index contributed by atoms with van der Waals surface area (Å²) in [6.07, 6.45) is 3.50. The molecule has 0 bridgehead atoms. The van der Waals surface area contributed by atoms with E-state index in [1.165, 1.54) is 23.0 Å². The molecule has 2 N–H and O–H groups in total. The van der Waals surface area contributed by atoms with Crippen molar-refractivity contribution in [2.45, 2.75) is 19.5 Å². The summed E-state index contributed by atoms with van der Waals surface area (Å²) in [5, 5.41) is 9.01. The van der Waals surface area contributed by atoms with Gasteiger partial charge in [0, 0.05) is 30.6 Å². The van der Waals surface area contributed by atoms with Crippen LogP contribution in [0.4, 0.5) is 0 Å². The Bertz CT molecular complexity index is 785. The SMILES string of the molecule is N#Cc1ncccc1Cn1ccc(=O)n(CCCN)c1=O. The first-order chi connectivity index (χ1) is 10.2. The number of hydrogen-bond donors (Lipinski definition) is 1. The lowest BCUT2D eigenvalue weighted by molar-refractivity contribution is 0.554. The third kappa shape index (κ3) is 3.24. The molecule has 0 spiro atoms. The van der Waals surface area contributed by atoms with Crippen molar-refractivity contribution in [2.24, 2.45) is 5.73 Å². The molecule has 0 saturated heterocycles. The second-order valence-corrected chi connectivity index (χ2v) is 4.48. The van der Waals surface area contributed by atoms with Crippen molar-refractivity contribution in [1.82, 2.24) is 14.1 Å². The molecule has 2 heterocycles. The Hall–Kier alpha value is -2.72. The Morgan fingerprint density at radius 3 is 2.86 bits per heavy atom. The van der Waals surface area contributed by atoms with E-state index in [1.54, 1.807) is 12.1 Å². The third-order valence-electron chi connectivity index (χ3n) is 3.06. The standard InChI is InChI=1S/C14H15N5O2/c15-5-2-7-19-13(20)4-8-18(14(19)21)10-11-3-1-6-17-12(11)9-16/h1,3-4,6,8H,2,5,7,10,15H2. The molecule has 0 aliphatic heterocycles. The highest BCUT2D eigenvalue weighted by Crippen LogP contribution is 2.04. The quantitative estimate of drug-likeness (QED) is 0.809. The third-order valence-corrected chi connectivity index (χ3v) is 3.06. The first-order valence-electron chi connectivity index (χ1n) is 6.51. The molecular weight excluding hydrogens is 270 g/mol. The maximum absolute atomic E-state index is 12.3. The molecule has 7 nitrogen and oxygen atoms in total. The van der Waals surface area contributed by atoms with Crippen LogP contribution in [0.5, 0.6) is 0 Å². The summed E-state index contributed by atoms with van der Waals surface area (Å²) in [4.78, 5) is 28.0. The van der Waals surface area contributed by atoms with Gasteiger partial charge in [0.05, 0.1) is 6.54 Å². The van der Waals surface area contributed by atoms with Gasteiger partial charge in [0.25, 0.3) is 5.56 Å². The fraction of sp³-hybridized carbons (Fsp3) is 0.286. The van der Waals surface area contributed by atoms with Crippen LogP contribution in [-0.2, 0) is 13.1 Å². The van der Waals surface area contributed by atoms with Gasteiger partial charge in [0.15, 0.2) is 0 Å². The normalized spacial score (nSPS) is 10.3. The molecule has 2 aromatic rings. The van der Waals surface area contributed by atoms with Crippen LogP contribution in [0.2, 0.25) is 0 Å². The molecule has 0 amide bonds. The van der Waals surface area contributed by atoms with Gasteiger partial charge in [-0.05, 0) is 19.0 Å². The number of pyridine rings is 1. The minimum Gasteiger partial charge on any atom is -0.330 e. The van der Waals surface area contributed by atoms with E-state index in [9.17, 15) is 9.59 Å². The zero-order chi connectivity index (χ0) is 15.2. The Labute approximate surface area is 120 Å². The van der Waals surface area contributed by atoms with Crippen molar-refractivity contribution < 1.29 is 0 Å². The molecule has 0 unspecified atom stereocenters. The number of aromatic nitrogens is 3. The van der Waals surface area contributed by atoms with Gasteiger partial charge < -0.3 is 5.73 Å². The molecule has 7 heteroatoms. The van der Waals surface area contributed by atoms with Crippen LogP contribution in [-0.4, -0.2) is 20.7 Å². The van der Waals surface area contributed by atoms with Gasteiger partial charge in [0.1, 0.15) is 11.8 Å². The molecule has 108 valence electrons. The van der Waals surface area contributed by atoms with Gasteiger partial charge in [-0.25, -0.2) is 9.78 Å². The number of nitrogens with two attached hydrogens (primary N) is 1. The highest BCUT2D eigenvalue weighted by atomic mass is 16.2. The Morgan fingerprint density at radius 2 is 2.14 bits per heavy atom. The summed E-state index contributed by atoms with van der Waals surface area (Å²) >= 11 is 0. The zero-order valence-corrected chi connectivity index (χ0v) is 11.4. The van der Waals surface area contributed by atoms with E-state index < -0.39 is 5.69 Å². The summed E-state index contributed by atoms with van der Waals surface area (Å²) in [6.45, 7) is 0.883. The van der Waals surface area contributed by atoms with E-state index in [2.05, 4.69) is 4.98 Å². The van der Waals surface area contributed by atoms with Crippen molar-refractivity contribution in [3.05, 3.63) is 62.7 Å². The van der Waals surface area contributed by atoms with Crippen LogP contribution in [0.25, 0.3) is 0 Å². The maximum Gasteiger partial charge on any atom is 0.331 e. The van der Waals surface area contributed by atoms with E-state index >= 15 is 0 Å². The van der Waals surface area contributed by atoms with Gasteiger partial charge in [-0.3, -0.25) is 13.9 Å². The minimum atomic E-state index is -0.413. The van der Waals surface area contributed by atoms with Crippen molar-refractivity contribution in [2.75, 3.05) is 6.54 Å². The van der Waals surface area contributed by atoms with Gasteiger partial charge >= 0.3 is 5.69 Å². The molecule has 21 heavy (non-hydrogen) atoms. The Morgan fingerprint density at radius 1 is 1.33 bits per heavy atom.